The van der Waals surface area contributed by atoms with Crippen LogP contribution < -0.4 is 19.5 Å². The Bertz CT molecular complexity index is 1310. The molecule has 182 valence electrons. The maximum Gasteiger partial charge on any atom is 0.146 e. The summed E-state index contributed by atoms with van der Waals surface area (Å²) in [4.78, 5) is 8.79. The van der Waals surface area contributed by atoms with E-state index < -0.39 is 15.5 Å². The molecular formula is C24H29FN4O4S. The van der Waals surface area contributed by atoms with Crippen LogP contribution in [0.25, 0.3) is 10.9 Å². The number of nitrogens with one attached hydrogen (secondary N) is 2. The van der Waals surface area contributed by atoms with Crippen molar-refractivity contribution in [1.82, 2.24) is 9.97 Å². The molecule has 8 nitrogen and oxygen atoms in total. The predicted molar refractivity (Wildman–Crippen MR) is 134 cm³/mol. The number of ether oxygens (including phenoxy) is 2. The first kappa shape index (κ1) is 24.0. The summed E-state index contributed by atoms with van der Waals surface area (Å²) in [5.74, 6) is 4.61. The Balaban J connectivity index is 1.73. The van der Waals surface area contributed by atoms with Crippen molar-refractivity contribution in [3.8, 4) is 11.5 Å². The van der Waals surface area contributed by atoms with E-state index in [9.17, 15) is 13.7 Å². The Labute approximate surface area is 198 Å². The summed E-state index contributed by atoms with van der Waals surface area (Å²) in [6, 6.07) is 6.04. The Hall–Kier alpha value is -3.11. The van der Waals surface area contributed by atoms with Crippen LogP contribution >= 0.6 is 0 Å². The van der Waals surface area contributed by atoms with Crippen LogP contribution in [0.5, 0.6) is 11.5 Å². The van der Waals surface area contributed by atoms with E-state index in [0.29, 0.717) is 65.3 Å². The van der Waals surface area contributed by atoms with E-state index in [1.165, 1.54) is 31.8 Å². The van der Waals surface area contributed by atoms with Gasteiger partial charge in [-0.05, 0) is 56.7 Å². The maximum absolute atomic E-state index is 14.1. The normalized spacial score (nSPS) is 19.9. The van der Waals surface area contributed by atoms with Gasteiger partial charge in [-0.2, -0.15) is 0 Å². The molecule has 1 saturated carbocycles. The average molecular weight is 489 g/mol. The van der Waals surface area contributed by atoms with Gasteiger partial charge in [0, 0.05) is 33.0 Å². The van der Waals surface area contributed by atoms with Crippen molar-refractivity contribution in [3.63, 3.8) is 0 Å². The van der Waals surface area contributed by atoms with Gasteiger partial charge in [0.15, 0.2) is 0 Å². The fourth-order valence-corrected chi connectivity index (χ4v) is 4.85. The SMILES string of the molecule is C=S(C)(=O)Nc1cc2ncnc(Nc3ccc(F)cc3OC3CCC(O)CC3)c2c(C)c1OC. The highest BCUT2D eigenvalue weighted by Crippen LogP contribution is 2.39. The van der Waals surface area contributed by atoms with Crippen molar-refractivity contribution >= 4 is 43.7 Å². The van der Waals surface area contributed by atoms with Crippen LogP contribution in [0.15, 0.2) is 30.6 Å². The minimum Gasteiger partial charge on any atom is -0.494 e. The first-order valence-corrected chi connectivity index (χ1v) is 13.1. The molecule has 0 saturated heterocycles. The van der Waals surface area contributed by atoms with Gasteiger partial charge in [-0.15, -0.1) is 0 Å². The van der Waals surface area contributed by atoms with Crippen LogP contribution in [0.4, 0.5) is 21.6 Å². The average Bonchev–Trinajstić information content (AvgIpc) is 2.76. The number of aliphatic hydroxyl groups excluding tert-OH is 1. The topological polar surface area (TPSA) is 106 Å². The largest absolute Gasteiger partial charge is 0.494 e. The summed E-state index contributed by atoms with van der Waals surface area (Å²) in [6.07, 6.45) is 5.23. The summed E-state index contributed by atoms with van der Waals surface area (Å²) < 4.78 is 40.9. The van der Waals surface area contributed by atoms with Crippen LogP contribution in [-0.2, 0) is 9.71 Å². The smallest absolute Gasteiger partial charge is 0.146 e. The van der Waals surface area contributed by atoms with Gasteiger partial charge in [0.25, 0.3) is 0 Å². The number of halogens is 1. The molecule has 10 heteroatoms. The van der Waals surface area contributed by atoms with Crippen molar-refractivity contribution in [2.75, 3.05) is 23.4 Å². The zero-order chi connectivity index (χ0) is 24.5. The number of aliphatic hydroxyl groups is 1. The van der Waals surface area contributed by atoms with Gasteiger partial charge < -0.3 is 24.6 Å². The van der Waals surface area contributed by atoms with Gasteiger partial charge in [-0.3, -0.25) is 0 Å². The van der Waals surface area contributed by atoms with Crippen LogP contribution in [0.3, 0.4) is 0 Å². The van der Waals surface area contributed by atoms with Crippen molar-refractivity contribution in [2.45, 2.75) is 44.8 Å². The zero-order valence-corrected chi connectivity index (χ0v) is 20.2. The molecule has 3 N–H and O–H groups in total. The fourth-order valence-electron chi connectivity index (χ4n) is 4.23. The van der Waals surface area contributed by atoms with E-state index in [1.807, 2.05) is 6.92 Å². The Kier molecular flexibility index (Phi) is 6.81. The quantitative estimate of drug-likeness (QED) is 0.428. The molecule has 1 heterocycles. The zero-order valence-electron chi connectivity index (χ0n) is 19.4. The fraction of sp³-hybridized carbons (Fsp3) is 0.375. The first-order chi connectivity index (χ1) is 16.1. The minimum absolute atomic E-state index is 0.102. The van der Waals surface area contributed by atoms with Crippen LogP contribution in [0.1, 0.15) is 31.2 Å². The van der Waals surface area contributed by atoms with Crippen molar-refractivity contribution in [1.29, 1.82) is 0 Å². The molecule has 1 fully saturated rings. The summed E-state index contributed by atoms with van der Waals surface area (Å²) in [5, 5.41) is 13.7. The molecular weight excluding hydrogens is 459 g/mol. The third kappa shape index (κ3) is 5.34. The lowest BCUT2D eigenvalue weighted by molar-refractivity contribution is 0.0668. The number of benzene rings is 2. The van der Waals surface area contributed by atoms with Gasteiger partial charge in [0.1, 0.15) is 29.5 Å². The van der Waals surface area contributed by atoms with Crippen molar-refractivity contribution < 1.29 is 23.2 Å². The monoisotopic (exact) mass is 488 g/mol. The van der Waals surface area contributed by atoms with Gasteiger partial charge in [-0.25, -0.2) is 18.6 Å². The van der Waals surface area contributed by atoms with Crippen LogP contribution in [0, 0.1) is 12.7 Å². The summed E-state index contributed by atoms with van der Waals surface area (Å²) in [6.45, 7) is 1.86. The molecule has 3 aromatic rings. The number of hydrogen-bond donors (Lipinski definition) is 3. The van der Waals surface area contributed by atoms with E-state index in [1.54, 1.807) is 12.1 Å². The Morgan fingerprint density at radius 1 is 1.18 bits per heavy atom. The second-order valence-electron chi connectivity index (χ2n) is 8.62. The standard InChI is InChI=1S/C24H29FN4O4S/c1-14-22-19(12-20(23(14)32-2)29-34(3,4)31)26-13-27-24(22)28-18-10-5-15(25)11-21(18)33-17-8-6-16(30)7-9-17/h5,10-13,16-17,30H,3,6-9H2,1-2,4H3,(H,29,31)(H,26,27,28). The summed E-state index contributed by atoms with van der Waals surface area (Å²) in [7, 11) is -1.01. The van der Waals surface area contributed by atoms with E-state index in [2.05, 4.69) is 25.9 Å². The highest BCUT2D eigenvalue weighted by molar-refractivity contribution is 8.00. The lowest BCUT2D eigenvalue weighted by Gasteiger charge is -2.27. The molecule has 1 atom stereocenters. The third-order valence-electron chi connectivity index (χ3n) is 5.78. The summed E-state index contributed by atoms with van der Waals surface area (Å²) >= 11 is 0. The number of aryl methyl sites for hydroxylation is 1. The highest BCUT2D eigenvalue weighted by Gasteiger charge is 2.23. The second-order valence-corrected chi connectivity index (χ2v) is 10.8. The van der Waals surface area contributed by atoms with E-state index in [4.69, 9.17) is 9.47 Å². The number of fused-ring (bicyclic) bond motifs is 1. The molecule has 1 aliphatic rings. The maximum atomic E-state index is 14.1. The lowest BCUT2D eigenvalue weighted by Crippen LogP contribution is -2.26. The summed E-state index contributed by atoms with van der Waals surface area (Å²) in [5.41, 5.74) is 2.42. The molecule has 1 aliphatic carbocycles. The molecule has 0 bridgehead atoms. The molecule has 0 amide bonds. The third-order valence-corrected chi connectivity index (χ3v) is 6.43. The van der Waals surface area contributed by atoms with E-state index in [-0.39, 0.29) is 12.2 Å². The number of aromatic nitrogens is 2. The van der Waals surface area contributed by atoms with E-state index >= 15 is 0 Å². The molecule has 4 rings (SSSR count). The number of rotatable bonds is 7. The Morgan fingerprint density at radius 2 is 1.91 bits per heavy atom. The molecule has 0 radical (unpaired) electrons. The predicted octanol–water partition coefficient (Wildman–Crippen LogP) is 4.18. The molecule has 34 heavy (non-hydrogen) atoms. The number of nitrogens with zero attached hydrogens (tertiary/aromatic N) is 2. The lowest BCUT2D eigenvalue weighted by atomic mass is 9.95. The molecule has 1 unspecified atom stereocenters. The molecule has 1 aromatic heterocycles. The van der Waals surface area contributed by atoms with Crippen LogP contribution in [0.2, 0.25) is 0 Å². The molecule has 2 aromatic carbocycles. The Morgan fingerprint density at radius 3 is 2.59 bits per heavy atom. The molecule has 0 aliphatic heterocycles. The minimum atomic E-state index is -2.54. The second kappa shape index (κ2) is 9.63. The van der Waals surface area contributed by atoms with Crippen LogP contribution in [-0.4, -0.2) is 50.7 Å². The number of hydrogen-bond acceptors (Lipinski definition) is 7. The van der Waals surface area contributed by atoms with E-state index in [0.717, 1.165) is 5.56 Å². The number of anilines is 3. The van der Waals surface area contributed by atoms with Crippen molar-refractivity contribution in [2.24, 2.45) is 0 Å². The van der Waals surface area contributed by atoms with Crippen molar-refractivity contribution in [3.05, 3.63) is 42.0 Å². The molecule has 0 spiro atoms. The van der Waals surface area contributed by atoms with Gasteiger partial charge in [0.05, 0.1) is 36.2 Å². The van der Waals surface area contributed by atoms with Gasteiger partial charge >= 0.3 is 0 Å². The van der Waals surface area contributed by atoms with Gasteiger partial charge in [0.2, 0.25) is 0 Å². The first-order valence-electron chi connectivity index (χ1n) is 11.0. The highest BCUT2D eigenvalue weighted by atomic mass is 32.2. The van der Waals surface area contributed by atoms with Gasteiger partial charge in [-0.1, -0.05) is 0 Å². The number of methoxy groups -OCH3 is 1.